The molecule has 4 rings (SSSR count). The van der Waals surface area contributed by atoms with Gasteiger partial charge in [0.2, 0.25) is 0 Å². The fourth-order valence-electron chi connectivity index (χ4n) is 3.65. The number of anilines is 4. The average Bonchev–Trinajstić information content (AvgIpc) is 3.30. The fraction of sp³-hybridized carbons (Fsp3) is 0.308. The SMILES string of the molecule is CCCCc1ccc(Nc2ccc(Nc3ccc(CCCC)cc3)c3nsnc23)cc1. The zero-order valence-corrected chi connectivity index (χ0v) is 19.1. The first kappa shape index (κ1) is 21.3. The zero-order valence-electron chi connectivity index (χ0n) is 18.3. The molecule has 0 aliphatic rings. The van der Waals surface area contributed by atoms with Crippen LogP contribution in [0.15, 0.2) is 60.7 Å². The first-order chi connectivity index (χ1) is 15.3. The van der Waals surface area contributed by atoms with Crippen molar-refractivity contribution in [2.45, 2.75) is 52.4 Å². The van der Waals surface area contributed by atoms with Gasteiger partial charge in [-0.3, -0.25) is 0 Å². The first-order valence-electron chi connectivity index (χ1n) is 11.2. The molecule has 5 heteroatoms. The van der Waals surface area contributed by atoms with Crippen molar-refractivity contribution in [3.05, 3.63) is 71.8 Å². The van der Waals surface area contributed by atoms with Gasteiger partial charge < -0.3 is 10.6 Å². The van der Waals surface area contributed by atoms with Crippen molar-refractivity contribution < 1.29 is 0 Å². The van der Waals surface area contributed by atoms with Gasteiger partial charge in [-0.05, 0) is 73.2 Å². The predicted octanol–water partition coefficient (Wildman–Crippen LogP) is 7.86. The lowest BCUT2D eigenvalue weighted by atomic mass is 10.1. The summed E-state index contributed by atoms with van der Waals surface area (Å²) < 4.78 is 9.10. The predicted molar refractivity (Wildman–Crippen MR) is 134 cm³/mol. The van der Waals surface area contributed by atoms with Crippen LogP contribution in [0.25, 0.3) is 11.0 Å². The molecule has 160 valence electrons. The maximum absolute atomic E-state index is 4.55. The summed E-state index contributed by atoms with van der Waals surface area (Å²) in [4.78, 5) is 0. The third kappa shape index (κ3) is 5.42. The van der Waals surface area contributed by atoms with E-state index in [0.717, 1.165) is 46.6 Å². The maximum atomic E-state index is 4.55. The second kappa shape index (κ2) is 10.4. The van der Waals surface area contributed by atoms with Crippen molar-refractivity contribution in [2.24, 2.45) is 0 Å². The Hall–Kier alpha value is -2.92. The number of aromatic nitrogens is 2. The van der Waals surface area contributed by atoms with Crippen LogP contribution in [-0.4, -0.2) is 8.75 Å². The lowest BCUT2D eigenvalue weighted by molar-refractivity contribution is 0.795. The second-order valence-corrected chi connectivity index (χ2v) is 8.50. The van der Waals surface area contributed by atoms with Crippen LogP contribution in [0.3, 0.4) is 0 Å². The highest BCUT2D eigenvalue weighted by Crippen LogP contribution is 2.32. The van der Waals surface area contributed by atoms with E-state index >= 15 is 0 Å². The fourth-order valence-corrected chi connectivity index (χ4v) is 4.22. The van der Waals surface area contributed by atoms with Gasteiger partial charge in [0.05, 0.1) is 23.1 Å². The number of fused-ring (bicyclic) bond motifs is 1. The van der Waals surface area contributed by atoms with Crippen LogP contribution in [0.2, 0.25) is 0 Å². The van der Waals surface area contributed by atoms with Gasteiger partial charge in [0.15, 0.2) is 0 Å². The van der Waals surface area contributed by atoms with Gasteiger partial charge in [0.1, 0.15) is 11.0 Å². The molecule has 1 aromatic heterocycles. The van der Waals surface area contributed by atoms with E-state index in [-0.39, 0.29) is 0 Å². The summed E-state index contributed by atoms with van der Waals surface area (Å²) >= 11 is 1.25. The van der Waals surface area contributed by atoms with Crippen LogP contribution < -0.4 is 10.6 Å². The Kier molecular flexibility index (Phi) is 7.15. The molecule has 0 aliphatic carbocycles. The van der Waals surface area contributed by atoms with Crippen LogP contribution in [-0.2, 0) is 12.8 Å². The molecule has 0 unspecified atom stereocenters. The van der Waals surface area contributed by atoms with Crippen molar-refractivity contribution >= 4 is 45.5 Å². The van der Waals surface area contributed by atoms with Crippen molar-refractivity contribution in [2.75, 3.05) is 10.6 Å². The van der Waals surface area contributed by atoms with Gasteiger partial charge in [-0.25, -0.2) is 0 Å². The van der Waals surface area contributed by atoms with Gasteiger partial charge in [-0.1, -0.05) is 51.0 Å². The number of nitrogens with one attached hydrogen (secondary N) is 2. The Morgan fingerprint density at radius 3 is 1.42 bits per heavy atom. The molecule has 31 heavy (non-hydrogen) atoms. The number of unbranched alkanes of at least 4 members (excludes halogenated alkanes) is 2. The highest BCUT2D eigenvalue weighted by molar-refractivity contribution is 7.00. The zero-order chi connectivity index (χ0) is 21.5. The van der Waals surface area contributed by atoms with Crippen molar-refractivity contribution in [3.8, 4) is 0 Å². The van der Waals surface area contributed by atoms with E-state index in [1.807, 2.05) is 0 Å². The maximum Gasteiger partial charge on any atom is 0.130 e. The van der Waals surface area contributed by atoms with Crippen LogP contribution in [0.5, 0.6) is 0 Å². The molecule has 1 heterocycles. The molecule has 4 aromatic rings. The van der Waals surface area contributed by atoms with E-state index in [4.69, 9.17) is 0 Å². The molecule has 2 N–H and O–H groups in total. The normalized spacial score (nSPS) is 11.0. The molecular formula is C26H30N4S. The lowest BCUT2D eigenvalue weighted by Gasteiger charge is -2.12. The van der Waals surface area contributed by atoms with Crippen molar-refractivity contribution in [1.29, 1.82) is 0 Å². The van der Waals surface area contributed by atoms with Gasteiger partial charge >= 0.3 is 0 Å². The van der Waals surface area contributed by atoms with E-state index < -0.39 is 0 Å². The van der Waals surface area contributed by atoms with Gasteiger partial charge in [0, 0.05) is 11.4 Å². The van der Waals surface area contributed by atoms with Crippen LogP contribution in [0.1, 0.15) is 50.7 Å². The molecule has 3 aromatic carbocycles. The van der Waals surface area contributed by atoms with E-state index in [9.17, 15) is 0 Å². The topological polar surface area (TPSA) is 49.8 Å². The number of benzene rings is 3. The van der Waals surface area contributed by atoms with Crippen LogP contribution >= 0.6 is 11.7 Å². The van der Waals surface area contributed by atoms with E-state index in [0.29, 0.717) is 0 Å². The smallest absolute Gasteiger partial charge is 0.130 e. The summed E-state index contributed by atoms with van der Waals surface area (Å²) in [6.07, 6.45) is 7.17. The third-order valence-corrected chi connectivity index (χ3v) is 6.05. The number of rotatable bonds is 10. The molecule has 0 amide bonds. The Labute approximate surface area is 189 Å². The summed E-state index contributed by atoms with van der Waals surface area (Å²) in [5.74, 6) is 0. The number of nitrogens with zero attached hydrogens (tertiary/aromatic N) is 2. The highest BCUT2D eigenvalue weighted by atomic mass is 32.1. The highest BCUT2D eigenvalue weighted by Gasteiger charge is 2.11. The Balaban J connectivity index is 1.49. The summed E-state index contributed by atoms with van der Waals surface area (Å²) in [5.41, 5.74) is 8.64. The standard InChI is InChI=1S/C26H30N4S/c1-3-5-7-19-9-13-21(14-10-19)27-23-17-18-24(26-25(23)29-31-30-26)28-22-15-11-20(12-16-22)8-6-4-2/h9-18,27-28H,3-8H2,1-2H3. The molecular weight excluding hydrogens is 400 g/mol. The third-order valence-electron chi connectivity index (χ3n) is 5.52. The molecule has 0 spiro atoms. The van der Waals surface area contributed by atoms with Crippen LogP contribution in [0, 0.1) is 0 Å². The van der Waals surface area contributed by atoms with Crippen molar-refractivity contribution in [3.63, 3.8) is 0 Å². The second-order valence-electron chi connectivity index (χ2n) is 7.97. The summed E-state index contributed by atoms with van der Waals surface area (Å²) in [7, 11) is 0. The molecule has 0 saturated heterocycles. The molecule has 0 atom stereocenters. The lowest BCUT2D eigenvalue weighted by Crippen LogP contribution is -1.96. The quantitative estimate of drug-likeness (QED) is 0.269. The van der Waals surface area contributed by atoms with Gasteiger partial charge in [-0.15, -0.1) is 0 Å². The minimum absolute atomic E-state index is 0.893. The first-order valence-corrected chi connectivity index (χ1v) is 12.0. The molecule has 4 nitrogen and oxygen atoms in total. The molecule has 0 radical (unpaired) electrons. The van der Waals surface area contributed by atoms with E-state index in [1.54, 1.807) is 0 Å². The molecule has 0 fully saturated rings. The Morgan fingerprint density at radius 2 is 1.03 bits per heavy atom. The van der Waals surface area contributed by atoms with Gasteiger partial charge in [-0.2, -0.15) is 8.75 Å². The summed E-state index contributed by atoms with van der Waals surface area (Å²) in [6, 6.07) is 21.5. The van der Waals surface area contributed by atoms with Crippen molar-refractivity contribution in [1.82, 2.24) is 8.75 Å². The molecule has 0 saturated carbocycles. The molecule has 0 bridgehead atoms. The van der Waals surface area contributed by atoms with Gasteiger partial charge in [0.25, 0.3) is 0 Å². The summed E-state index contributed by atoms with van der Waals surface area (Å²) in [6.45, 7) is 4.45. The minimum atomic E-state index is 0.893. The van der Waals surface area contributed by atoms with Crippen LogP contribution in [0.4, 0.5) is 22.7 Å². The number of hydrogen-bond acceptors (Lipinski definition) is 5. The Bertz CT molecular complexity index is 1010. The minimum Gasteiger partial charge on any atom is -0.354 e. The van der Waals surface area contributed by atoms with E-state index in [1.165, 1.54) is 48.5 Å². The molecule has 0 aliphatic heterocycles. The largest absolute Gasteiger partial charge is 0.354 e. The average molecular weight is 431 g/mol. The monoisotopic (exact) mass is 430 g/mol. The van der Waals surface area contributed by atoms with E-state index in [2.05, 4.69) is 93.9 Å². The summed E-state index contributed by atoms with van der Waals surface area (Å²) in [5, 5.41) is 7.02. The number of hydrogen-bond donors (Lipinski definition) is 2. The Morgan fingerprint density at radius 1 is 0.613 bits per heavy atom. The number of aryl methyl sites for hydroxylation is 2.